The number of thioether (sulfide) groups is 1. The molecule has 0 radical (unpaired) electrons. The van der Waals surface area contributed by atoms with Crippen molar-refractivity contribution in [3.05, 3.63) is 34.6 Å². The van der Waals surface area contributed by atoms with Gasteiger partial charge in [-0.05, 0) is 39.3 Å². The van der Waals surface area contributed by atoms with E-state index < -0.39 is 0 Å². The molecule has 0 aliphatic carbocycles. The standard InChI is InChI=1S/C20H29N3O2S/c1-5-6-7-10-15(4)21-18(24)13-26-20-22-17-12-9-8-11-16(17)19(25)23(20)14(2)3/h8-9,11-12,14-15H,5-7,10,13H2,1-4H3,(H,21,24). The summed E-state index contributed by atoms with van der Waals surface area (Å²) in [5.41, 5.74) is 0.617. The van der Waals surface area contributed by atoms with Gasteiger partial charge in [0.1, 0.15) is 0 Å². The molecule has 0 bridgehead atoms. The van der Waals surface area contributed by atoms with Crippen molar-refractivity contribution in [2.45, 2.75) is 70.6 Å². The Bertz CT molecular complexity index is 801. The van der Waals surface area contributed by atoms with Crippen LogP contribution in [0.2, 0.25) is 0 Å². The van der Waals surface area contributed by atoms with Gasteiger partial charge in [0.15, 0.2) is 5.16 Å². The molecular weight excluding hydrogens is 346 g/mol. The van der Waals surface area contributed by atoms with Crippen LogP contribution in [0, 0.1) is 0 Å². The summed E-state index contributed by atoms with van der Waals surface area (Å²) < 4.78 is 1.67. The number of amides is 1. The van der Waals surface area contributed by atoms with E-state index >= 15 is 0 Å². The molecule has 1 heterocycles. The van der Waals surface area contributed by atoms with Gasteiger partial charge in [-0.1, -0.05) is 50.1 Å². The van der Waals surface area contributed by atoms with Crippen LogP contribution < -0.4 is 10.9 Å². The lowest BCUT2D eigenvalue weighted by atomic mass is 10.1. The first-order valence-corrected chi connectivity index (χ1v) is 10.4. The number of para-hydroxylation sites is 1. The van der Waals surface area contributed by atoms with Gasteiger partial charge >= 0.3 is 0 Å². The van der Waals surface area contributed by atoms with Gasteiger partial charge in [0.25, 0.3) is 5.56 Å². The molecule has 1 atom stereocenters. The number of carbonyl (C=O) groups excluding carboxylic acids is 1. The average Bonchev–Trinajstić information content (AvgIpc) is 2.60. The first kappa shape index (κ1) is 20.5. The lowest BCUT2D eigenvalue weighted by Gasteiger charge is -2.17. The van der Waals surface area contributed by atoms with Crippen molar-refractivity contribution in [2.75, 3.05) is 5.75 Å². The topological polar surface area (TPSA) is 64.0 Å². The minimum atomic E-state index is -0.0542. The van der Waals surface area contributed by atoms with Crippen LogP contribution in [-0.2, 0) is 4.79 Å². The van der Waals surface area contributed by atoms with Crippen LogP contribution in [0.4, 0.5) is 0 Å². The Labute approximate surface area is 159 Å². The maximum atomic E-state index is 12.8. The van der Waals surface area contributed by atoms with E-state index in [1.165, 1.54) is 24.6 Å². The summed E-state index contributed by atoms with van der Waals surface area (Å²) in [6.45, 7) is 8.12. The first-order valence-electron chi connectivity index (χ1n) is 9.37. The smallest absolute Gasteiger partial charge is 0.262 e. The van der Waals surface area contributed by atoms with Gasteiger partial charge in [0.05, 0.1) is 16.7 Å². The highest BCUT2D eigenvalue weighted by Crippen LogP contribution is 2.20. The molecule has 142 valence electrons. The number of aromatic nitrogens is 2. The van der Waals surface area contributed by atoms with E-state index in [0.29, 0.717) is 16.1 Å². The summed E-state index contributed by atoms with van der Waals surface area (Å²) in [5.74, 6) is 0.243. The predicted molar refractivity (Wildman–Crippen MR) is 109 cm³/mol. The predicted octanol–water partition coefficient (Wildman–Crippen LogP) is 4.15. The molecule has 1 aromatic carbocycles. The zero-order valence-corrected chi connectivity index (χ0v) is 16.9. The molecule has 1 amide bonds. The lowest BCUT2D eigenvalue weighted by molar-refractivity contribution is -0.119. The zero-order chi connectivity index (χ0) is 19.1. The van der Waals surface area contributed by atoms with E-state index in [-0.39, 0.29) is 29.3 Å². The molecule has 1 N–H and O–H groups in total. The van der Waals surface area contributed by atoms with Gasteiger partial charge in [-0.25, -0.2) is 4.98 Å². The van der Waals surface area contributed by atoms with Gasteiger partial charge in [-0.3, -0.25) is 14.2 Å². The van der Waals surface area contributed by atoms with Crippen molar-refractivity contribution in [1.29, 1.82) is 0 Å². The summed E-state index contributed by atoms with van der Waals surface area (Å²) in [7, 11) is 0. The summed E-state index contributed by atoms with van der Waals surface area (Å²) in [6, 6.07) is 7.50. The summed E-state index contributed by atoms with van der Waals surface area (Å²) in [4.78, 5) is 29.6. The maximum Gasteiger partial charge on any atom is 0.262 e. The van der Waals surface area contributed by atoms with Crippen LogP contribution in [0.1, 0.15) is 59.4 Å². The van der Waals surface area contributed by atoms with Crippen molar-refractivity contribution in [2.24, 2.45) is 0 Å². The number of carbonyl (C=O) groups is 1. The Morgan fingerprint density at radius 3 is 2.65 bits per heavy atom. The summed E-state index contributed by atoms with van der Waals surface area (Å²) in [5, 5.41) is 4.24. The van der Waals surface area contributed by atoms with E-state index in [4.69, 9.17) is 0 Å². The van der Waals surface area contributed by atoms with Gasteiger partial charge in [-0.2, -0.15) is 0 Å². The van der Waals surface area contributed by atoms with Crippen LogP contribution >= 0.6 is 11.8 Å². The van der Waals surface area contributed by atoms with Crippen LogP contribution in [0.15, 0.2) is 34.2 Å². The van der Waals surface area contributed by atoms with E-state index in [9.17, 15) is 9.59 Å². The number of fused-ring (bicyclic) bond motifs is 1. The van der Waals surface area contributed by atoms with Crippen LogP contribution in [0.25, 0.3) is 10.9 Å². The SMILES string of the molecule is CCCCCC(C)NC(=O)CSc1nc2ccccc2c(=O)n1C(C)C. The normalized spacial score (nSPS) is 12.5. The Kier molecular flexibility index (Phi) is 7.69. The Morgan fingerprint density at radius 1 is 1.23 bits per heavy atom. The number of unbranched alkanes of at least 4 members (excludes halogenated alkanes) is 2. The monoisotopic (exact) mass is 375 g/mol. The molecule has 0 saturated carbocycles. The number of hydrogen-bond acceptors (Lipinski definition) is 4. The Morgan fingerprint density at radius 2 is 1.96 bits per heavy atom. The highest BCUT2D eigenvalue weighted by atomic mass is 32.2. The molecule has 2 aromatic rings. The Hall–Kier alpha value is -1.82. The quantitative estimate of drug-likeness (QED) is 0.406. The highest BCUT2D eigenvalue weighted by Gasteiger charge is 2.15. The maximum absolute atomic E-state index is 12.8. The first-order chi connectivity index (χ1) is 12.4. The van der Waals surface area contributed by atoms with E-state index in [1.54, 1.807) is 10.6 Å². The molecule has 0 spiro atoms. The second-order valence-corrected chi connectivity index (χ2v) is 7.88. The highest BCUT2D eigenvalue weighted by molar-refractivity contribution is 7.99. The molecule has 5 nitrogen and oxygen atoms in total. The minimum Gasteiger partial charge on any atom is -0.353 e. The van der Waals surface area contributed by atoms with Crippen molar-refractivity contribution < 1.29 is 4.79 Å². The van der Waals surface area contributed by atoms with E-state index in [2.05, 4.69) is 17.2 Å². The van der Waals surface area contributed by atoms with E-state index in [1.807, 2.05) is 39.0 Å². The molecule has 0 aliphatic rings. The van der Waals surface area contributed by atoms with Crippen LogP contribution in [-0.4, -0.2) is 27.3 Å². The number of hydrogen-bond donors (Lipinski definition) is 1. The van der Waals surface area contributed by atoms with Gasteiger partial charge in [-0.15, -0.1) is 0 Å². The number of nitrogens with one attached hydrogen (secondary N) is 1. The largest absolute Gasteiger partial charge is 0.353 e. The number of nitrogens with zero attached hydrogens (tertiary/aromatic N) is 2. The molecule has 26 heavy (non-hydrogen) atoms. The fraction of sp³-hybridized carbons (Fsp3) is 0.550. The van der Waals surface area contributed by atoms with Crippen molar-refractivity contribution in [1.82, 2.24) is 14.9 Å². The third kappa shape index (κ3) is 5.34. The van der Waals surface area contributed by atoms with Gasteiger partial charge < -0.3 is 5.32 Å². The number of rotatable bonds is 9. The van der Waals surface area contributed by atoms with Crippen LogP contribution in [0.3, 0.4) is 0 Å². The summed E-state index contributed by atoms with van der Waals surface area (Å²) in [6.07, 6.45) is 4.49. The van der Waals surface area contributed by atoms with Crippen molar-refractivity contribution in [3.63, 3.8) is 0 Å². The second-order valence-electron chi connectivity index (χ2n) is 6.93. The summed E-state index contributed by atoms with van der Waals surface area (Å²) >= 11 is 1.32. The number of benzene rings is 1. The zero-order valence-electron chi connectivity index (χ0n) is 16.1. The fourth-order valence-corrected chi connectivity index (χ4v) is 3.84. The fourth-order valence-electron chi connectivity index (χ4n) is 2.90. The molecule has 0 fully saturated rings. The second kappa shape index (κ2) is 9.76. The molecule has 0 aliphatic heterocycles. The lowest BCUT2D eigenvalue weighted by Crippen LogP contribution is -2.34. The van der Waals surface area contributed by atoms with Crippen molar-refractivity contribution in [3.8, 4) is 0 Å². The Balaban J connectivity index is 2.09. The molecule has 2 rings (SSSR count). The molecular formula is C20H29N3O2S. The molecule has 6 heteroatoms. The van der Waals surface area contributed by atoms with Gasteiger partial charge in [0, 0.05) is 12.1 Å². The van der Waals surface area contributed by atoms with E-state index in [0.717, 1.165) is 12.8 Å². The van der Waals surface area contributed by atoms with Crippen LogP contribution in [0.5, 0.6) is 0 Å². The van der Waals surface area contributed by atoms with Gasteiger partial charge in [0.2, 0.25) is 5.91 Å². The molecule has 1 aromatic heterocycles. The van der Waals surface area contributed by atoms with Crippen molar-refractivity contribution >= 4 is 28.6 Å². The molecule has 0 saturated heterocycles. The third-order valence-corrected chi connectivity index (χ3v) is 5.22. The average molecular weight is 376 g/mol. The molecule has 1 unspecified atom stereocenters. The third-order valence-electron chi connectivity index (χ3n) is 4.27. The minimum absolute atomic E-state index is 0.0156.